The van der Waals surface area contributed by atoms with E-state index >= 15 is 0 Å². The fourth-order valence-corrected chi connectivity index (χ4v) is 3.08. The first-order valence-electron chi connectivity index (χ1n) is 6.39. The van der Waals surface area contributed by atoms with Gasteiger partial charge in [-0.1, -0.05) is 26.7 Å². The van der Waals surface area contributed by atoms with E-state index in [0.717, 1.165) is 11.5 Å². The number of hydrogen-bond donors (Lipinski definition) is 4. The minimum absolute atomic E-state index is 0. The number of nitrogens with zero attached hydrogens (tertiary/aromatic N) is 3. The van der Waals surface area contributed by atoms with Gasteiger partial charge in [0.25, 0.3) is 0 Å². The molecule has 0 bridgehead atoms. The van der Waals surface area contributed by atoms with Crippen molar-refractivity contribution in [2.75, 3.05) is 24.6 Å². The standard InChI is InChI=1S/C10H23N7OS2.2ClH/c11-4-6-19-20-7-5-15-10(18)8(12)2-1-3-9(13)16-17-14;;/h8-9H,1-7,11-13H2,(H,15,18);2*1H. The lowest BCUT2D eigenvalue weighted by atomic mass is 10.1. The van der Waals surface area contributed by atoms with Crippen molar-refractivity contribution < 1.29 is 4.79 Å². The third-order valence-electron chi connectivity index (χ3n) is 2.32. The van der Waals surface area contributed by atoms with Crippen molar-refractivity contribution in [2.24, 2.45) is 22.3 Å². The molecule has 12 heteroatoms. The summed E-state index contributed by atoms with van der Waals surface area (Å²) in [5, 5.41) is 6.13. The molecule has 132 valence electrons. The van der Waals surface area contributed by atoms with Crippen molar-refractivity contribution in [3.8, 4) is 0 Å². The second-order valence-electron chi connectivity index (χ2n) is 4.03. The molecule has 0 heterocycles. The van der Waals surface area contributed by atoms with E-state index in [-0.39, 0.29) is 30.7 Å². The number of nitrogens with one attached hydrogen (secondary N) is 1. The molecule has 2 atom stereocenters. The van der Waals surface area contributed by atoms with Gasteiger partial charge in [-0.2, -0.15) is 0 Å². The summed E-state index contributed by atoms with van der Waals surface area (Å²) in [5.74, 6) is 1.57. The van der Waals surface area contributed by atoms with Gasteiger partial charge in [0.2, 0.25) is 5.91 Å². The zero-order valence-electron chi connectivity index (χ0n) is 12.2. The van der Waals surface area contributed by atoms with Gasteiger partial charge in [0.1, 0.15) is 0 Å². The Balaban J connectivity index is -0.00000180. The molecule has 0 spiro atoms. The minimum Gasteiger partial charge on any atom is -0.354 e. The Morgan fingerprint density at radius 1 is 1.23 bits per heavy atom. The highest BCUT2D eigenvalue weighted by molar-refractivity contribution is 8.76. The first-order chi connectivity index (χ1) is 9.61. The van der Waals surface area contributed by atoms with E-state index in [9.17, 15) is 4.79 Å². The molecule has 7 N–H and O–H groups in total. The van der Waals surface area contributed by atoms with Crippen LogP contribution in [0.3, 0.4) is 0 Å². The maximum atomic E-state index is 11.6. The van der Waals surface area contributed by atoms with E-state index in [1.807, 2.05) is 0 Å². The first-order valence-corrected chi connectivity index (χ1v) is 8.88. The molecular formula is C10H25Cl2N7OS2. The summed E-state index contributed by atoms with van der Waals surface area (Å²) in [6, 6.07) is -0.546. The number of amides is 1. The average Bonchev–Trinajstić information content (AvgIpc) is 2.42. The van der Waals surface area contributed by atoms with E-state index < -0.39 is 12.2 Å². The summed E-state index contributed by atoms with van der Waals surface area (Å²) in [6.45, 7) is 1.25. The monoisotopic (exact) mass is 393 g/mol. The predicted molar refractivity (Wildman–Crippen MR) is 100 cm³/mol. The van der Waals surface area contributed by atoms with Crippen molar-refractivity contribution in [1.29, 1.82) is 0 Å². The number of rotatable bonds is 12. The smallest absolute Gasteiger partial charge is 0.236 e. The average molecular weight is 394 g/mol. The quantitative estimate of drug-likeness (QED) is 0.129. The topological polar surface area (TPSA) is 156 Å². The van der Waals surface area contributed by atoms with Crippen LogP contribution < -0.4 is 22.5 Å². The van der Waals surface area contributed by atoms with Crippen molar-refractivity contribution in [1.82, 2.24) is 5.32 Å². The third-order valence-corrected chi connectivity index (χ3v) is 4.76. The first kappa shape index (κ1) is 26.8. The van der Waals surface area contributed by atoms with Gasteiger partial charge in [-0.05, 0) is 24.8 Å². The summed E-state index contributed by atoms with van der Waals surface area (Å²) in [7, 11) is 3.37. The Hall–Kier alpha value is -0.0600. The molecule has 0 aliphatic heterocycles. The lowest BCUT2D eigenvalue weighted by Crippen LogP contribution is -2.41. The molecular weight excluding hydrogens is 369 g/mol. The van der Waals surface area contributed by atoms with Crippen LogP contribution in [0.2, 0.25) is 0 Å². The Morgan fingerprint density at radius 3 is 2.45 bits per heavy atom. The molecule has 0 aromatic rings. The van der Waals surface area contributed by atoms with Crippen LogP contribution in [0.1, 0.15) is 19.3 Å². The van der Waals surface area contributed by atoms with Crippen LogP contribution in [-0.2, 0) is 4.79 Å². The second-order valence-corrected chi connectivity index (χ2v) is 6.74. The minimum atomic E-state index is -0.550. The van der Waals surface area contributed by atoms with Crippen molar-refractivity contribution in [3.63, 3.8) is 0 Å². The van der Waals surface area contributed by atoms with Crippen LogP contribution in [0, 0.1) is 0 Å². The van der Waals surface area contributed by atoms with Crippen LogP contribution in [0.25, 0.3) is 10.4 Å². The normalized spacial score (nSPS) is 12.1. The summed E-state index contributed by atoms with van der Waals surface area (Å²) < 4.78 is 0. The predicted octanol–water partition coefficient (Wildman–Crippen LogP) is 1.38. The zero-order valence-corrected chi connectivity index (χ0v) is 15.5. The largest absolute Gasteiger partial charge is 0.354 e. The Morgan fingerprint density at radius 2 is 1.86 bits per heavy atom. The molecule has 22 heavy (non-hydrogen) atoms. The van der Waals surface area contributed by atoms with E-state index in [4.69, 9.17) is 22.7 Å². The number of azide groups is 1. The molecule has 8 nitrogen and oxygen atoms in total. The fraction of sp³-hybridized carbons (Fsp3) is 0.900. The molecule has 1 amide bonds. The Kier molecular flexibility index (Phi) is 23.1. The third kappa shape index (κ3) is 16.3. The molecule has 0 saturated carbocycles. The summed E-state index contributed by atoms with van der Waals surface area (Å²) >= 11 is 0. The highest BCUT2D eigenvalue weighted by Crippen LogP contribution is 2.18. The molecule has 0 aromatic heterocycles. The molecule has 0 aliphatic carbocycles. The number of nitrogens with two attached hydrogens (primary N) is 3. The molecule has 2 unspecified atom stereocenters. The maximum Gasteiger partial charge on any atom is 0.236 e. The van der Waals surface area contributed by atoms with E-state index in [1.165, 1.54) is 0 Å². The molecule has 0 saturated heterocycles. The number of carbonyl (C=O) groups is 1. The lowest BCUT2D eigenvalue weighted by Gasteiger charge is -2.12. The van der Waals surface area contributed by atoms with Gasteiger partial charge in [0.15, 0.2) is 0 Å². The summed E-state index contributed by atoms with van der Waals surface area (Å²) in [6.07, 6.45) is 1.15. The highest BCUT2D eigenvalue weighted by Gasteiger charge is 2.12. The second kappa shape index (κ2) is 19.0. The summed E-state index contributed by atoms with van der Waals surface area (Å²) in [4.78, 5) is 14.3. The Labute approximate surface area is 151 Å². The van der Waals surface area contributed by atoms with Gasteiger partial charge in [-0.15, -0.1) is 24.8 Å². The van der Waals surface area contributed by atoms with Crippen LogP contribution in [-0.4, -0.2) is 42.7 Å². The lowest BCUT2D eigenvalue weighted by molar-refractivity contribution is -0.122. The van der Waals surface area contributed by atoms with Gasteiger partial charge in [-0.25, -0.2) is 0 Å². The molecule has 0 fully saturated rings. The van der Waals surface area contributed by atoms with Crippen molar-refractivity contribution >= 4 is 52.3 Å². The van der Waals surface area contributed by atoms with Gasteiger partial charge in [0, 0.05) is 29.5 Å². The zero-order chi connectivity index (χ0) is 15.2. The van der Waals surface area contributed by atoms with E-state index in [1.54, 1.807) is 21.6 Å². The van der Waals surface area contributed by atoms with E-state index in [0.29, 0.717) is 32.4 Å². The summed E-state index contributed by atoms with van der Waals surface area (Å²) in [5.41, 5.74) is 24.8. The van der Waals surface area contributed by atoms with Crippen LogP contribution in [0.15, 0.2) is 5.11 Å². The fourth-order valence-electron chi connectivity index (χ4n) is 1.32. The molecule has 0 aliphatic rings. The molecule has 0 rings (SSSR count). The van der Waals surface area contributed by atoms with Crippen LogP contribution in [0.5, 0.6) is 0 Å². The van der Waals surface area contributed by atoms with Gasteiger partial charge >= 0.3 is 0 Å². The van der Waals surface area contributed by atoms with Gasteiger partial charge in [0.05, 0.1) is 12.2 Å². The maximum absolute atomic E-state index is 11.6. The SMILES string of the molecule is Cl.Cl.[N-]=[N+]=NC(N)CCCC(N)C(=O)NCCSSCCN. The molecule has 0 aromatic carbocycles. The molecule has 0 radical (unpaired) electrons. The highest BCUT2D eigenvalue weighted by atomic mass is 35.5. The van der Waals surface area contributed by atoms with Gasteiger partial charge in [-0.3, -0.25) is 4.79 Å². The van der Waals surface area contributed by atoms with E-state index in [2.05, 4.69) is 15.3 Å². The van der Waals surface area contributed by atoms with Crippen LogP contribution in [0.4, 0.5) is 0 Å². The number of halogens is 2. The van der Waals surface area contributed by atoms with Crippen molar-refractivity contribution in [2.45, 2.75) is 31.5 Å². The van der Waals surface area contributed by atoms with Gasteiger partial charge < -0.3 is 22.5 Å². The number of hydrogen-bond acceptors (Lipinski definition) is 7. The number of carbonyl (C=O) groups excluding carboxylic acids is 1. The Bertz CT molecular complexity index is 322. The van der Waals surface area contributed by atoms with Crippen molar-refractivity contribution in [3.05, 3.63) is 10.4 Å². The van der Waals surface area contributed by atoms with Crippen LogP contribution >= 0.6 is 46.4 Å².